The zero-order valence-electron chi connectivity index (χ0n) is 15.0. The van der Waals surface area contributed by atoms with Gasteiger partial charge >= 0.3 is 0 Å². The van der Waals surface area contributed by atoms with Crippen molar-refractivity contribution in [2.75, 3.05) is 10.6 Å². The number of carbonyl (C=O) groups excluding carboxylic acids is 2. The third-order valence-electron chi connectivity index (χ3n) is 4.11. The highest BCUT2D eigenvalue weighted by molar-refractivity contribution is 14.1. The van der Waals surface area contributed by atoms with Crippen molar-refractivity contribution in [2.45, 2.75) is 13.8 Å². The van der Waals surface area contributed by atoms with Crippen LogP contribution in [0.5, 0.6) is 0 Å². The SMILES string of the molecule is Cc1cccc(C(=O)Nc2ccc(NC(=O)c3ccc(C)c(I)c3)cc2)c1. The lowest BCUT2D eigenvalue weighted by Gasteiger charge is -2.09. The van der Waals surface area contributed by atoms with Gasteiger partial charge in [0.15, 0.2) is 0 Å². The highest BCUT2D eigenvalue weighted by Gasteiger charge is 2.09. The van der Waals surface area contributed by atoms with Gasteiger partial charge in [0, 0.05) is 26.1 Å². The Morgan fingerprint density at radius 1 is 0.741 bits per heavy atom. The maximum absolute atomic E-state index is 12.4. The summed E-state index contributed by atoms with van der Waals surface area (Å²) >= 11 is 2.22. The van der Waals surface area contributed by atoms with Gasteiger partial charge in [0.2, 0.25) is 0 Å². The molecule has 0 unspecified atom stereocenters. The third-order valence-corrected chi connectivity index (χ3v) is 5.28. The van der Waals surface area contributed by atoms with Crippen LogP contribution in [0.3, 0.4) is 0 Å². The fraction of sp³-hybridized carbons (Fsp3) is 0.0909. The number of hydrogen-bond donors (Lipinski definition) is 2. The first kappa shape index (κ1) is 19.1. The van der Waals surface area contributed by atoms with Crippen LogP contribution in [-0.4, -0.2) is 11.8 Å². The molecule has 0 heterocycles. The van der Waals surface area contributed by atoms with Gasteiger partial charge in [0.25, 0.3) is 11.8 Å². The molecule has 3 rings (SSSR count). The normalized spacial score (nSPS) is 10.3. The van der Waals surface area contributed by atoms with Crippen LogP contribution in [0.15, 0.2) is 66.7 Å². The van der Waals surface area contributed by atoms with Gasteiger partial charge in [-0.25, -0.2) is 0 Å². The van der Waals surface area contributed by atoms with Crippen LogP contribution in [0.4, 0.5) is 11.4 Å². The van der Waals surface area contributed by atoms with Crippen molar-refractivity contribution in [2.24, 2.45) is 0 Å². The maximum atomic E-state index is 12.4. The molecule has 3 aromatic carbocycles. The average Bonchev–Trinajstić information content (AvgIpc) is 2.65. The van der Waals surface area contributed by atoms with E-state index in [4.69, 9.17) is 0 Å². The first-order chi connectivity index (χ1) is 12.9. The Labute approximate surface area is 172 Å². The van der Waals surface area contributed by atoms with Gasteiger partial charge in [-0.05, 0) is 90.5 Å². The molecule has 0 spiro atoms. The summed E-state index contributed by atoms with van der Waals surface area (Å²) in [5.41, 5.74) is 4.74. The molecule has 0 fully saturated rings. The lowest BCUT2D eigenvalue weighted by atomic mass is 10.1. The first-order valence-electron chi connectivity index (χ1n) is 8.48. The largest absolute Gasteiger partial charge is 0.322 e. The number of carbonyl (C=O) groups is 2. The standard InChI is InChI=1S/C22H19IN2O2/c1-14-4-3-5-16(12-14)21(26)24-18-8-10-19(11-9-18)25-22(27)17-7-6-15(2)20(23)13-17/h3-13H,1-2H3,(H,24,26)(H,25,27). The summed E-state index contributed by atoms with van der Waals surface area (Å²) in [6.07, 6.45) is 0. The number of amides is 2. The second kappa shape index (κ2) is 8.35. The van der Waals surface area contributed by atoms with Crippen molar-refractivity contribution in [1.29, 1.82) is 0 Å². The van der Waals surface area contributed by atoms with E-state index in [2.05, 4.69) is 33.2 Å². The second-order valence-corrected chi connectivity index (χ2v) is 7.48. The summed E-state index contributed by atoms with van der Waals surface area (Å²) in [6.45, 7) is 3.95. The first-order valence-corrected chi connectivity index (χ1v) is 9.56. The number of rotatable bonds is 4. The van der Waals surface area contributed by atoms with E-state index in [1.165, 1.54) is 0 Å². The van der Waals surface area contributed by atoms with Gasteiger partial charge < -0.3 is 10.6 Å². The molecule has 0 aromatic heterocycles. The summed E-state index contributed by atoms with van der Waals surface area (Å²) < 4.78 is 1.05. The minimum atomic E-state index is -0.163. The molecular weight excluding hydrogens is 451 g/mol. The Morgan fingerprint density at radius 3 is 1.81 bits per heavy atom. The Kier molecular flexibility index (Phi) is 5.91. The monoisotopic (exact) mass is 470 g/mol. The minimum Gasteiger partial charge on any atom is -0.322 e. The van der Waals surface area contributed by atoms with E-state index >= 15 is 0 Å². The summed E-state index contributed by atoms with van der Waals surface area (Å²) in [4.78, 5) is 24.7. The van der Waals surface area contributed by atoms with Gasteiger partial charge in [0.1, 0.15) is 0 Å². The summed E-state index contributed by atoms with van der Waals surface area (Å²) in [6, 6.07) is 20.1. The molecule has 0 radical (unpaired) electrons. The fourth-order valence-corrected chi connectivity index (χ4v) is 3.08. The van der Waals surface area contributed by atoms with Gasteiger partial charge in [-0.15, -0.1) is 0 Å². The minimum absolute atomic E-state index is 0.162. The van der Waals surface area contributed by atoms with Crippen LogP contribution < -0.4 is 10.6 Å². The van der Waals surface area contributed by atoms with Gasteiger partial charge in [-0.2, -0.15) is 0 Å². The van der Waals surface area contributed by atoms with E-state index in [1.807, 2.05) is 50.2 Å². The summed E-state index contributed by atoms with van der Waals surface area (Å²) in [7, 11) is 0. The van der Waals surface area contributed by atoms with Crippen molar-refractivity contribution in [1.82, 2.24) is 0 Å². The molecule has 0 bridgehead atoms. The zero-order chi connectivity index (χ0) is 19.4. The number of halogens is 1. The molecule has 136 valence electrons. The molecule has 2 amide bonds. The van der Waals surface area contributed by atoms with Crippen molar-refractivity contribution in [3.63, 3.8) is 0 Å². The molecule has 3 aromatic rings. The molecule has 0 saturated heterocycles. The molecule has 27 heavy (non-hydrogen) atoms. The van der Waals surface area contributed by atoms with Crippen molar-refractivity contribution in [3.8, 4) is 0 Å². The number of nitrogens with one attached hydrogen (secondary N) is 2. The van der Waals surface area contributed by atoms with Crippen LogP contribution in [0.1, 0.15) is 31.8 Å². The van der Waals surface area contributed by atoms with Crippen LogP contribution in [0, 0.1) is 17.4 Å². The van der Waals surface area contributed by atoms with Crippen molar-refractivity contribution < 1.29 is 9.59 Å². The van der Waals surface area contributed by atoms with Gasteiger partial charge in [0.05, 0.1) is 0 Å². The van der Waals surface area contributed by atoms with E-state index < -0.39 is 0 Å². The van der Waals surface area contributed by atoms with Crippen LogP contribution in [-0.2, 0) is 0 Å². The number of aryl methyl sites for hydroxylation is 2. The molecule has 0 aliphatic rings. The highest BCUT2D eigenvalue weighted by Crippen LogP contribution is 2.18. The summed E-state index contributed by atoms with van der Waals surface area (Å²) in [5.74, 6) is -0.325. The molecule has 4 nitrogen and oxygen atoms in total. The number of anilines is 2. The predicted octanol–water partition coefficient (Wildman–Crippen LogP) is 5.41. The van der Waals surface area contributed by atoms with Crippen molar-refractivity contribution >= 4 is 45.8 Å². The number of benzene rings is 3. The van der Waals surface area contributed by atoms with E-state index in [1.54, 1.807) is 30.3 Å². The van der Waals surface area contributed by atoms with E-state index in [9.17, 15) is 9.59 Å². The Hall–Kier alpha value is -2.67. The van der Waals surface area contributed by atoms with Crippen molar-refractivity contribution in [3.05, 3.63) is 92.6 Å². The smallest absolute Gasteiger partial charge is 0.255 e. The predicted molar refractivity (Wildman–Crippen MR) is 117 cm³/mol. The van der Waals surface area contributed by atoms with Crippen LogP contribution in [0.2, 0.25) is 0 Å². The molecule has 0 atom stereocenters. The zero-order valence-corrected chi connectivity index (χ0v) is 17.2. The number of hydrogen-bond acceptors (Lipinski definition) is 2. The Morgan fingerprint density at radius 2 is 1.30 bits per heavy atom. The summed E-state index contributed by atoms with van der Waals surface area (Å²) in [5, 5.41) is 5.73. The third kappa shape index (κ3) is 4.95. The van der Waals surface area contributed by atoms with Crippen LogP contribution >= 0.6 is 22.6 Å². The molecule has 0 aliphatic carbocycles. The fourth-order valence-electron chi connectivity index (χ4n) is 2.56. The quantitative estimate of drug-likeness (QED) is 0.501. The Bertz CT molecular complexity index is 997. The van der Waals surface area contributed by atoms with Gasteiger partial charge in [-0.3, -0.25) is 9.59 Å². The molecular formula is C22H19IN2O2. The molecule has 5 heteroatoms. The molecule has 2 N–H and O–H groups in total. The van der Waals surface area contributed by atoms with E-state index in [-0.39, 0.29) is 11.8 Å². The Balaban J connectivity index is 1.65. The highest BCUT2D eigenvalue weighted by atomic mass is 127. The van der Waals surface area contributed by atoms with E-state index in [0.717, 1.165) is 14.7 Å². The van der Waals surface area contributed by atoms with Gasteiger partial charge in [-0.1, -0.05) is 23.8 Å². The lowest BCUT2D eigenvalue weighted by Crippen LogP contribution is -2.13. The van der Waals surface area contributed by atoms with Crippen LogP contribution in [0.25, 0.3) is 0 Å². The maximum Gasteiger partial charge on any atom is 0.255 e. The van der Waals surface area contributed by atoms with E-state index in [0.29, 0.717) is 22.5 Å². The average molecular weight is 470 g/mol. The lowest BCUT2D eigenvalue weighted by molar-refractivity contribution is 0.101. The molecule has 0 aliphatic heterocycles. The topological polar surface area (TPSA) is 58.2 Å². The molecule has 0 saturated carbocycles. The second-order valence-electron chi connectivity index (χ2n) is 6.32.